The highest BCUT2D eigenvalue weighted by atomic mass is 32.2. The average molecular weight is 381 g/mol. The lowest BCUT2D eigenvalue weighted by Gasteiger charge is -2.32. The van der Waals surface area contributed by atoms with Crippen LogP contribution in [-0.2, 0) is 26.2 Å². The molecule has 0 unspecified atom stereocenters. The Morgan fingerprint density at radius 3 is 2.69 bits per heavy atom. The highest BCUT2D eigenvalue weighted by Crippen LogP contribution is 2.34. The van der Waals surface area contributed by atoms with Crippen LogP contribution in [0, 0.1) is 5.92 Å². The molecule has 1 aromatic rings. The molecular formula is C17H23N3O5S. The second-order valence-electron chi connectivity index (χ2n) is 6.92. The van der Waals surface area contributed by atoms with E-state index in [-0.39, 0.29) is 35.8 Å². The Kier molecular flexibility index (Phi) is 5.08. The van der Waals surface area contributed by atoms with Crippen molar-refractivity contribution in [1.29, 1.82) is 0 Å². The fourth-order valence-corrected chi connectivity index (χ4v) is 4.94. The van der Waals surface area contributed by atoms with E-state index in [0.29, 0.717) is 6.42 Å². The van der Waals surface area contributed by atoms with E-state index in [1.807, 2.05) is 4.72 Å². The normalized spacial score (nSPS) is 25.0. The molecule has 3 rings (SSSR count). The first-order chi connectivity index (χ1) is 12.3. The molecule has 2 amide bonds. The Balaban J connectivity index is 1.77. The molecule has 0 radical (unpaired) electrons. The summed E-state index contributed by atoms with van der Waals surface area (Å²) in [5, 5.41) is 13.3. The number of benzene rings is 1. The molecule has 2 atom stereocenters. The second kappa shape index (κ2) is 7.14. The maximum absolute atomic E-state index is 11.9. The van der Waals surface area contributed by atoms with Gasteiger partial charge in [-0.2, -0.15) is 8.42 Å². The Hall–Kier alpha value is -2.29. The molecule has 3 N–H and O–H groups in total. The fourth-order valence-electron chi connectivity index (χ4n) is 3.77. The van der Waals surface area contributed by atoms with Crippen molar-refractivity contribution in [2.45, 2.75) is 45.1 Å². The minimum atomic E-state index is -3.95. The number of nitrogens with one attached hydrogen (secondary N) is 2. The SMILES string of the molecule is CC(=O)N[C@@H]1CCCC[C@H]1Cc1ccc(N2CC(=O)NS2(=O)=O)c(O)c1. The lowest BCUT2D eigenvalue weighted by molar-refractivity contribution is -0.120. The topological polar surface area (TPSA) is 116 Å². The molecule has 1 aliphatic carbocycles. The molecule has 26 heavy (non-hydrogen) atoms. The number of carbonyl (C=O) groups is 2. The highest BCUT2D eigenvalue weighted by Gasteiger charge is 2.35. The minimum Gasteiger partial charge on any atom is -0.506 e. The monoisotopic (exact) mass is 381 g/mol. The van der Waals surface area contributed by atoms with Gasteiger partial charge in [0.05, 0.1) is 5.69 Å². The summed E-state index contributed by atoms with van der Waals surface area (Å²) >= 11 is 0. The van der Waals surface area contributed by atoms with Crippen molar-refractivity contribution in [3.05, 3.63) is 23.8 Å². The van der Waals surface area contributed by atoms with Crippen molar-refractivity contribution in [2.75, 3.05) is 10.8 Å². The minimum absolute atomic E-state index is 0.0449. The number of hydrogen-bond acceptors (Lipinski definition) is 5. The van der Waals surface area contributed by atoms with Gasteiger partial charge >= 0.3 is 10.2 Å². The third-order valence-electron chi connectivity index (χ3n) is 4.92. The van der Waals surface area contributed by atoms with Crippen molar-refractivity contribution < 1.29 is 23.1 Å². The van der Waals surface area contributed by atoms with Gasteiger partial charge in [0.1, 0.15) is 12.3 Å². The first-order valence-electron chi connectivity index (χ1n) is 8.68. The summed E-state index contributed by atoms with van der Waals surface area (Å²) in [6, 6.07) is 4.92. The summed E-state index contributed by atoms with van der Waals surface area (Å²) in [5.74, 6) is -0.587. The number of phenolic OH excluding ortho intramolecular Hbond substituents is 1. The smallest absolute Gasteiger partial charge is 0.326 e. The molecule has 2 aliphatic rings. The summed E-state index contributed by atoms with van der Waals surface area (Å²) in [7, 11) is -3.95. The van der Waals surface area contributed by atoms with Crippen molar-refractivity contribution in [3.8, 4) is 5.75 Å². The number of hydrogen-bond donors (Lipinski definition) is 3. The zero-order chi connectivity index (χ0) is 18.9. The van der Waals surface area contributed by atoms with E-state index in [2.05, 4.69) is 5.32 Å². The van der Waals surface area contributed by atoms with Gasteiger partial charge < -0.3 is 10.4 Å². The van der Waals surface area contributed by atoms with Crippen LogP contribution in [-0.4, -0.2) is 37.9 Å². The summed E-state index contributed by atoms with van der Waals surface area (Å²) in [6.45, 7) is 1.17. The van der Waals surface area contributed by atoms with E-state index in [1.165, 1.54) is 19.1 Å². The molecule has 1 saturated heterocycles. The van der Waals surface area contributed by atoms with Crippen LogP contribution in [0.1, 0.15) is 38.2 Å². The summed E-state index contributed by atoms with van der Waals surface area (Å²) in [6.07, 6.45) is 4.80. The number of phenols is 1. The first kappa shape index (κ1) is 18.5. The maximum Gasteiger partial charge on any atom is 0.326 e. The number of rotatable bonds is 4. The summed E-state index contributed by atoms with van der Waals surface area (Å²) in [4.78, 5) is 22.8. The van der Waals surface area contributed by atoms with Gasteiger partial charge in [-0.25, -0.2) is 9.03 Å². The molecule has 1 saturated carbocycles. The van der Waals surface area contributed by atoms with E-state index in [0.717, 1.165) is 35.6 Å². The molecule has 9 heteroatoms. The molecule has 8 nitrogen and oxygen atoms in total. The van der Waals surface area contributed by atoms with E-state index in [4.69, 9.17) is 0 Å². The van der Waals surface area contributed by atoms with Crippen molar-refractivity contribution in [2.24, 2.45) is 5.92 Å². The summed E-state index contributed by atoms with van der Waals surface area (Å²) in [5.41, 5.74) is 0.943. The highest BCUT2D eigenvalue weighted by molar-refractivity contribution is 7.92. The zero-order valence-corrected chi connectivity index (χ0v) is 15.4. The molecule has 1 aromatic carbocycles. The number of aromatic hydroxyl groups is 1. The van der Waals surface area contributed by atoms with Crippen LogP contribution in [0.25, 0.3) is 0 Å². The molecule has 1 heterocycles. The van der Waals surface area contributed by atoms with Crippen LogP contribution in [0.2, 0.25) is 0 Å². The van der Waals surface area contributed by atoms with Gasteiger partial charge in [-0.15, -0.1) is 0 Å². The fraction of sp³-hybridized carbons (Fsp3) is 0.529. The van der Waals surface area contributed by atoms with Crippen molar-refractivity contribution in [1.82, 2.24) is 10.0 Å². The lowest BCUT2D eigenvalue weighted by Crippen LogP contribution is -2.41. The molecule has 2 fully saturated rings. The van der Waals surface area contributed by atoms with Crippen molar-refractivity contribution in [3.63, 3.8) is 0 Å². The van der Waals surface area contributed by atoms with Gasteiger partial charge in [0.15, 0.2) is 0 Å². The molecular weight excluding hydrogens is 358 g/mol. The largest absolute Gasteiger partial charge is 0.506 e. The number of amides is 2. The quantitative estimate of drug-likeness (QED) is 0.714. The van der Waals surface area contributed by atoms with Gasteiger partial charge in [-0.05, 0) is 42.9 Å². The van der Waals surface area contributed by atoms with E-state index < -0.39 is 16.1 Å². The van der Waals surface area contributed by atoms with Crippen LogP contribution in [0.4, 0.5) is 5.69 Å². The third kappa shape index (κ3) is 3.92. The van der Waals surface area contributed by atoms with Crippen LogP contribution < -0.4 is 14.3 Å². The third-order valence-corrected chi connectivity index (χ3v) is 6.32. The van der Waals surface area contributed by atoms with Gasteiger partial charge in [0.25, 0.3) is 5.91 Å². The Bertz CT molecular complexity index is 824. The van der Waals surface area contributed by atoms with Crippen LogP contribution in [0.5, 0.6) is 5.75 Å². The predicted octanol–water partition coefficient (Wildman–Crippen LogP) is 0.811. The Labute approximate surface area is 152 Å². The number of carbonyl (C=O) groups excluding carboxylic acids is 2. The lowest BCUT2D eigenvalue weighted by atomic mass is 9.80. The van der Waals surface area contributed by atoms with Gasteiger partial charge in [0.2, 0.25) is 5.91 Å². The van der Waals surface area contributed by atoms with Gasteiger partial charge in [-0.3, -0.25) is 9.59 Å². The predicted molar refractivity (Wildman–Crippen MR) is 95.8 cm³/mol. The molecule has 0 spiro atoms. The Morgan fingerprint density at radius 2 is 2.08 bits per heavy atom. The molecule has 0 aromatic heterocycles. The summed E-state index contributed by atoms with van der Waals surface area (Å²) < 4.78 is 26.6. The van der Waals surface area contributed by atoms with E-state index in [9.17, 15) is 23.1 Å². The zero-order valence-electron chi connectivity index (χ0n) is 14.6. The first-order valence-corrected chi connectivity index (χ1v) is 10.1. The Morgan fingerprint density at radius 1 is 1.35 bits per heavy atom. The standard InChI is InChI=1S/C17H23N3O5S/c1-11(21)18-14-5-3-2-4-13(14)8-12-6-7-15(16(22)9-12)20-10-17(23)19-26(20,24)25/h6-7,9,13-14,22H,2-5,8,10H2,1H3,(H,18,21)(H,19,23)/t13-,14+/m0/s1. The van der Waals surface area contributed by atoms with Gasteiger partial charge in [0, 0.05) is 13.0 Å². The number of anilines is 1. The van der Waals surface area contributed by atoms with Crippen LogP contribution >= 0.6 is 0 Å². The van der Waals surface area contributed by atoms with Crippen LogP contribution in [0.15, 0.2) is 18.2 Å². The van der Waals surface area contributed by atoms with E-state index in [1.54, 1.807) is 6.07 Å². The van der Waals surface area contributed by atoms with Crippen molar-refractivity contribution >= 4 is 27.7 Å². The maximum atomic E-state index is 11.9. The number of nitrogens with zero attached hydrogens (tertiary/aromatic N) is 1. The van der Waals surface area contributed by atoms with E-state index >= 15 is 0 Å². The average Bonchev–Trinajstić information content (AvgIpc) is 2.81. The van der Waals surface area contributed by atoms with Crippen LogP contribution in [0.3, 0.4) is 0 Å². The molecule has 142 valence electrons. The van der Waals surface area contributed by atoms with Gasteiger partial charge in [-0.1, -0.05) is 18.9 Å². The molecule has 1 aliphatic heterocycles. The molecule has 0 bridgehead atoms. The second-order valence-corrected chi connectivity index (χ2v) is 8.51.